The number of carbonyl (C=O) groups is 1. The molecule has 1 aliphatic rings. The van der Waals surface area contributed by atoms with E-state index in [2.05, 4.69) is 10.3 Å². The molecule has 0 atom stereocenters. The van der Waals surface area contributed by atoms with E-state index in [0.717, 1.165) is 5.56 Å². The van der Waals surface area contributed by atoms with E-state index in [1.54, 1.807) is 12.3 Å². The van der Waals surface area contributed by atoms with Crippen LogP contribution in [0.25, 0.3) is 0 Å². The first-order valence-corrected chi connectivity index (χ1v) is 3.62. The maximum atomic E-state index is 11.1. The van der Waals surface area contributed by atoms with E-state index in [1.165, 1.54) is 7.11 Å². The van der Waals surface area contributed by atoms with Crippen molar-refractivity contribution in [2.24, 2.45) is 0 Å². The second kappa shape index (κ2) is 2.48. The molecule has 0 aliphatic carbocycles. The average molecular weight is 164 g/mol. The predicted octanol–water partition coefficient (Wildman–Crippen LogP) is 0.334. The van der Waals surface area contributed by atoms with Gasteiger partial charge in [0.05, 0.1) is 12.7 Å². The number of carbonyl (C=O) groups excluding carboxylic acids is 1. The number of nitrogens with zero attached hydrogens (tertiary/aromatic N) is 1. The molecule has 0 bridgehead atoms. The molecule has 1 N–H and O–H groups in total. The van der Waals surface area contributed by atoms with Crippen molar-refractivity contribution in [1.82, 2.24) is 10.3 Å². The van der Waals surface area contributed by atoms with Crippen LogP contribution >= 0.6 is 0 Å². The summed E-state index contributed by atoms with van der Waals surface area (Å²) in [7, 11) is 1.53. The minimum atomic E-state index is -0.0503. The molecule has 1 aromatic heterocycles. The van der Waals surface area contributed by atoms with Gasteiger partial charge in [0.1, 0.15) is 0 Å². The van der Waals surface area contributed by atoms with Crippen LogP contribution in [-0.2, 0) is 6.54 Å². The normalized spacial score (nSPS) is 13.9. The quantitative estimate of drug-likeness (QED) is 0.650. The monoisotopic (exact) mass is 164 g/mol. The smallest absolute Gasteiger partial charge is 0.252 e. The van der Waals surface area contributed by atoms with Gasteiger partial charge in [0.25, 0.3) is 5.91 Å². The van der Waals surface area contributed by atoms with Crippen LogP contribution in [-0.4, -0.2) is 18.0 Å². The summed E-state index contributed by atoms with van der Waals surface area (Å²) in [5.74, 6) is 0.427. The second-order valence-electron chi connectivity index (χ2n) is 2.57. The molecule has 0 spiro atoms. The summed E-state index contributed by atoms with van der Waals surface area (Å²) in [6, 6.07) is 1.65. The fraction of sp³-hybridized carbons (Fsp3) is 0.250. The Hall–Kier alpha value is -1.58. The summed E-state index contributed by atoms with van der Waals surface area (Å²) in [4.78, 5) is 15.1. The molecule has 62 valence electrons. The average Bonchev–Trinajstić information content (AvgIpc) is 2.47. The molecule has 0 saturated heterocycles. The molecule has 1 aliphatic heterocycles. The second-order valence-corrected chi connectivity index (χ2v) is 2.57. The van der Waals surface area contributed by atoms with Gasteiger partial charge in [0, 0.05) is 24.4 Å². The van der Waals surface area contributed by atoms with Gasteiger partial charge in [-0.2, -0.15) is 0 Å². The molecule has 2 heterocycles. The van der Waals surface area contributed by atoms with E-state index >= 15 is 0 Å². The highest BCUT2D eigenvalue weighted by Crippen LogP contribution is 2.18. The van der Waals surface area contributed by atoms with Crippen LogP contribution in [0.4, 0.5) is 0 Å². The molecule has 0 fully saturated rings. The number of nitrogens with one attached hydrogen (secondary N) is 1. The van der Waals surface area contributed by atoms with Crippen LogP contribution in [0.1, 0.15) is 15.9 Å². The summed E-state index contributed by atoms with van der Waals surface area (Å²) >= 11 is 0. The number of methoxy groups -OCH3 is 1. The number of ether oxygens (including phenoxy) is 1. The fourth-order valence-corrected chi connectivity index (χ4v) is 1.20. The molecule has 1 aromatic rings. The molecule has 0 saturated carbocycles. The molecule has 0 unspecified atom stereocenters. The largest absolute Gasteiger partial charge is 0.481 e. The third kappa shape index (κ3) is 0.922. The van der Waals surface area contributed by atoms with Gasteiger partial charge in [0.15, 0.2) is 0 Å². The Labute approximate surface area is 69.6 Å². The Morgan fingerprint density at radius 3 is 3.25 bits per heavy atom. The van der Waals surface area contributed by atoms with E-state index in [1.807, 2.05) is 0 Å². The number of hydrogen-bond acceptors (Lipinski definition) is 3. The van der Waals surface area contributed by atoms with Gasteiger partial charge in [0.2, 0.25) is 5.88 Å². The Balaban J connectivity index is 2.50. The SMILES string of the molecule is COc1cc2c(cn1)CNC2=O. The van der Waals surface area contributed by atoms with E-state index in [4.69, 9.17) is 4.74 Å². The molecule has 2 rings (SSSR count). The van der Waals surface area contributed by atoms with Gasteiger partial charge in [-0.3, -0.25) is 4.79 Å². The van der Waals surface area contributed by atoms with E-state index in [0.29, 0.717) is 18.0 Å². The zero-order valence-corrected chi connectivity index (χ0v) is 6.63. The van der Waals surface area contributed by atoms with Crippen molar-refractivity contribution in [2.75, 3.05) is 7.11 Å². The molecule has 0 radical (unpaired) electrons. The van der Waals surface area contributed by atoms with Crippen LogP contribution in [0.15, 0.2) is 12.3 Å². The predicted molar refractivity (Wildman–Crippen MR) is 42.0 cm³/mol. The van der Waals surface area contributed by atoms with Crippen LogP contribution in [0.2, 0.25) is 0 Å². The lowest BCUT2D eigenvalue weighted by molar-refractivity contribution is 0.0965. The van der Waals surface area contributed by atoms with Crippen LogP contribution in [0.5, 0.6) is 5.88 Å². The van der Waals surface area contributed by atoms with Gasteiger partial charge < -0.3 is 10.1 Å². The fourth-order valence-electron chi connectivity index (χ4n) is 1.20. The van der Waals surface area contributed by atoms with E-state index in [9.17, 15) is 4.79 Å². The van der Waals surface area contributed by atoms with Gasteiger partial charge in [-0.15, -0.1) is 0 Å². The number of fused-ring (bicyclic) bond motifs is 1. The maximum Gasteiger partial charge on any atom is 0.252 e. The molecular formula is C8H8N2O2. The standard InChI is InChI=1S/C8H8N2O2/c1-12-7-2-6-5(3-9-7)4-10-8(6)11/h2-3H,4H2,1H3,(H,10,11). The minimum Gasteiger partial charge on any atom is -0.481 e. The van der Waals surface area contributed by atoms with Crippen LogP contribution < -0.4 is 10.1 Å². The minimum absolute atomic E-state index is 0.0503. The summed E-state index contributed by atoms with van der Waals surface area (Å²) < 4.78 is 4.90. The summed E-state index contributed by atoms with van der Waals surface area (Å²) in [6.45, 7) is 0.575. The molecule has 0 aromatic carbocycles. The molecule has 4 nitrogen and oxygen atoms in total. The Bertz CT molecular complexity index is 336. The number of aromatic nitrogens is 1. The van der Waals surface area contributed by atoms with Gasteiger partial charge >= 0.3 is 0 Å². The number of rotatable bonds is 1. The number of amides is 1. The zero-order chi connectivity index (χ0) is 8.55. The molecule has 4 heteroatoms. The lowest BCUT2D eigenvalue weighted by atomic mass is 10.2. The van der Waals surface area contributed by atoms with Crippen molar-refractivity contribution in [3.05, 3.63) is 23.4 Å². The van der Waals surface area contributed by atoms with Crippen LogP contribution in [0, 0.1) is 0 Å². The van der Waals surface area contributed by atoms with Crippen molar-refractivity contribution >= 4 is 5.91 Å². The Kier molecular flexibility index (Phi) is 1.46. The highest BCUT2D eigenvalue weighted by Gasteiger charge is 2.19. The zero-order valence-electron chi connectivity index (χ0n) is 6.63. The lowest BCUT2D eigenvalue weighted by Crippen LogP contribution is -2.12. The summed E-state index contributed by atoms with van der Waals surface area (Å²) in [5, 5.41) is 2.70. The van der Waals surface area contributed by atoms with Crippen molar-refractivity contribution < 1.29 is 9.53 Å². The molecular weight excluding hydrogens is 156 g/mol. The summed E-state index contributed by atoms with van der Waals surface area (Å²) in [6.07, 6.45) is 1.66. The van der Waals surface area contributed by atoms with Gasteiger partial charge in [-0.25, -0.2) is 4.98 Å². The summed E-state index contributed by atoms with van der Waals surface area (Å²) in [5.41, 5.74) is 1.60. The van der Waals surface area contributed by atoms with Crippen molar-refractivity contribution in [1.29, 1.82) is 0 Å². The number of pyridine rings is 1. The topological polar surface area (TPSA) is 51.2 Å². The first-order chi connectivity index (χ1) is 5.81. The Morgan fingerprint density at radius 1 is 1.67 bits per heavy atom. The highest BCUT2D eigenvalue weighted by atomic mass is 16.5. The first-order valence-electron chi connectivity index (χ1n) is 3.62. The van der Waals surface area contributed by atoms with Crippen molar-refractivity contribution in [3.63, 3.8) is 0 Å². The first kappa shape index (κ1) is 7.09. The highest BCUT2D eigenvalue weighted by molar-refractivity contribution is 5.98. The maximum absolute atomic E-state index is 11.1. The molecule has 1 amide bonds. The Morgan fingerprint density at radius 2 is 2.50 bits per heavy atom. The van der Waals surface area contributed by atoms with Gasteiger partial charge in [-0.05, 0) is 0 Å². The lowest BCUT2D eigenvalue weighted by Gasteiger charge is -1.99. The van der Waals surface area contributed by atoms with Crippen LogP contribution in [0.3, 0.4) is 0 Å². The third-order valence-electron chi connectivity index (χ3n) is 1.85. The van der Waals surface area contributed by atoms with E-state index < -0.39 is 0 Å². The molecule has 12 heavy (non-hydrogen) atoms. The third-order valence-corrected chi connectivity index (χ3v) is 1.85. The van der Waals surface area contributed by atoms with Crippen molar-refractivity contribution in [3.8, 4) is 5.88 Å². The van der Waals surface area contributed by atoms with Crippen molar-refractivity contribution in [2.45, 2.75) is 6.54 Å². The number of hydrogen-bond donors (Lipinski definition) is 1. The van der Waals surface area contributed by atoms with E-state index in [-0.39, 0.29) is 5.91 Å². The van der Waals surface area contributed by atoms with Gasteiger partial charge in [-0.1, -0.05) is 0 Å².